The van der Waals surface area contributed by atoms with Crippen LogP contribution < -0.4 is 0 Å². The molecular weight excluding hydrogens is 374 g/mol. The first-order valence-corrected chi connectivity index (χ1v) is 10.5. The number of phenolic OH excluding ortho intramolecular Hbond substituents is 2. The molecule has 2 nitrogen and oxygen atoms in total. The Morgan fingerprint density at radius 1 is 0.968 bits per heavy atom. The van der Waals surface area contributed by atoms with Crippen LogP contribution in [0.2, 0.25) is 5.11 Å². The summed E-state index contributed by atoms with van der Waals surface area (Å²) in [5, 5.41) is 20.0. The number of hydrogen-bond acceptors (Lipinski definition) is 2. The Bertz CT molecular complexity index is 966. The molecule has 3 rings (SSSR count). The van der Waals surface area contributed by atoms with Crippen LogP contribution in [0.3, 0.4) is 0 Å². The van der Waals surface area contributed by atoms with Gasteiger partial charge in [0.05, 0.1) is 39.2 Å². The van der Waals surface area contributed by atoms with E-state index in [9.17, 15) is 10.2 Å². The zero-order chi connectivity index (χ0) is 22.8. The van der Waals surface area contributed by atoms with E-state index < -0.39 is 11.0 Å². The van der Waals surface area contributed by atoms with E-state index in [4.69, 9.17) is 39.2 Å². The van der Waals surface area contributed by atoms with Crippen molar-refractivity contribution in [3.8, 4) is 11.5 Å². The monoisotopic (exact) mass is 398 g/mol. The maximum atomic E-state index is 10.9. The van der Waals surface area contributed by atoms with Crippen molar-refractivity contribution in [3.05, 3.63) is 81.7 Å². The van der Waals surface area contributed by atoms with Crippen LogP contribution in [0, 0.1) is 5.92 Å². The van der Waals surface area contributed by atoms with Crippen molar-refractivity contribution in [1.82, 2.24) is 0 Å². The van der Waals surface area contributed by atoms with Crippen molar-refractivity contribution in [1.29, 1.82) is 0 Å². The highest BCUT2D eigenvalue weighted by atomic mass is 16.3. The zero-order valence-electron chi connectivity index (χ0n) is 17.9. The van der Waals surface area contributed by atoms with Crippen molar-refractivity contribution < 1.29 is 10.2 Å². The molecule has 0 fully saturated rings. The fourth-order valence-corrected chi connectivity index (χ4v) is 4.56. The number of benzene rings is 2. The van der Waals surface area contributed by atoms with E-state index in [0.717, 1.165) is 24.0 Å². The van der Waals surface area contributed by atoms with Gasteiger partial charge in [0.2, 0.25) is 0 Å². The summed E-state index contributed by atoms with van der Waals surface area (Å²) in [6.45, 7) is 2.00. The van der Waals surface area contributed by atoms with Crippen LogP contribution in [-0.4, -0.2) is 49.4 Å². The topological polar surface area (TPSA) is 40.5 Å². The number of rotatable bonds is 6. The van der Waals surface area contributed by atoms with Crippen molar-refractivity contribution in [3.63, 3.8) is 0 Å². The summed E-state index contributed by atoms with van der Waals surface area (Å²) in [7, 11) is 29.7. The molecule has 0 heterocycles. The maximum absolute atomic E-state index is 10.9. The molecule has 0 amide bonds. The second kappa shape index (κ2) is 9.55. The molecule has 0 bridgehead atoms. The van der Waals surface area contributed by atoms with E-state index in [1.807, 2.05) is 31.2 Å². The van der Waals surface area contributed by atoms with Gasteiger partial charge in [0.15, 0.2) is 0 Å². The molecule has 146 valence electrons. The van der Waals surface area contributed by atoms with Crippen molar-refractivity contribution >= 4 is 39.2 Å². The number of phenols is 2. The third-order valence-electron chi connectivity index (χ3n) is 5.97. The summed E-state index contributed by atoms with van der Waals surface area (Å²) in [4.78, 5) is 0. The quantitative estimate of drug-likeness (QED) is 0.579. The van der Waals surface area contributed by atoms with Gasteiger partial charge in [-0.15, -0.1) is 10.7 Å². The third-order valence-corrected chi connectivity index (χ3v) is 5.97. The summed E-state index contributed by atoms with van der Waals surface area (Å²) < 4.78 is 0. The largest absolute Gasteiger partial charge is 0.507 e. The number of allylic oxidation sites excluding steroid dienone is 3. The van der Waals surface area contributed by atoms with Crippen LogP contribution in [0.15, 0.2) is 65.1 Å². The first kappa shape index (κ1) is 23.5. The molecule has 1 aliphatic carbocycles. The van der Waals surface area contributed by atoms with Crippen LogP contribution in [-0.2, 0) is 12.8 Å². The highest BCUT2D eigenvalue weighted by Crippen LogP contribution is 2.50. The van der Waals surface area contributed by atoms with Crippen LogP contribution in [0.25, 0.3) is 0 Å². The predicted molar refractivity (Wildman–Crippen MR) is 131 cm³/mol. The van der Waals surface area contributed by atoms with Gasteiger partial charge in [-0.2, -0.15) is 5.37 Å². The third kappa shape index (κ3) is 5.56. The Balaban J connectivity index is 1.97. The standard InChI is InChI=1S/C24H23B5O2/c1-14-7-10-17(22(23(25)26)24(27,28)29)18(11-14)21-19(30)12-16(13-20(21)31)9-8-15-5-3-2-4-6-15/h2-6,11-13,17-18,30-31H,7-10H2,1H3. The molecule has 7 heteroatoms. The van der Waals surface area contributed by atoms with Crippen molar-refractivity contribution in [2.45, 2.75) is 43.6 Å². The SMILES string of the molecule is [B]C([B])=C(C1CCC(C)=CC1c1c(O)cc(CCc2ccccc2)cc1O)C([B])([B])[B]. The fraction of sp³-hybridized carbons (Fsp3) is 0.333. The normalized spacial score (nSPS) is 18.9. The summed E-state index contributed by atoms with van der Waals surface area (Å²) in [6.07, 6.45) is 4.90. The van der Waals surface area contributed by atoms with Gasteiger partial charge in [-0.3, -0.25) is 0 Å². The molecule has 0 saturated heterocycles. The van der Waals surface area contributed by atoms with Gasteiger partial charge >= 0.3 is 0 Å². The van der Waals surface area contributed by atoms with E-state index in [1.54, 1.807) is 12.1 Å². The second-order valence-electron chi connectivity index (χ2n) is 8.52. The predicted octanol–water partition coefficient (Wildman–Crippen LogP) is 3.45. The molecule has 10 radical (unpaired) electrons. The average molecular weight is 398 g/mol. The zero-order valence-corrected chi connectivity index (χ0v) is 17.9. The lowest BCUT2D eigenvalue weighted by Crippen LogP contribution is -2.29. The van der Waals surface area contributed by atoms with Crippen molar-refractivity contribution in [2.24, 2.45) is 5.92 Å². The Morgan fingerprint density at radius 2 is 1.55 bits per heavy atom. The molecule has 2 unspecified atom stereocenters. The Labute approximate surface area is 192 Å². The molecule has 2 atom stereocenters. The minimum absolute atomic E-state index is 0.00983. The van der Waals surface area contributed by atoms with Crippen LogP contribution in [0.5, 0.6) is 11.5 Å². The van der Waals surface area contributed by atoms with E-state index in [1.165, 1.54) is 5.56 Å². The summed E-state index contributed by atoms with van der Waals surface area (Å²) in [6, 6.07) is 13.5. The average Bonchev–Trinajstić information content (AvgIpc) is 2.67. The molecule has 0 spiro atoms. The molecule has 1 aliphatic rings. The van der Waals surface area contributed by atoms with Gasteiger partial charge in [0, 0.05) is 11.5 Å². The highest BCUT2D eigenvalue weighted by molar-refractivity contribution is 6.62. The molecule has 2 N–H and O–H groups in total. The molecule has 31 heavy (non-hydrogen) atoms. The van der Waals surface area contributed by atoms with Crippen molar-refractivity contribution in [2.75, 3.05) is 0 Å². The lowest BCUT2D eigenvalue weighted by atomic mass is 9.35. The Morgan fingerprint density at radius 3 is 2.10 bits per heavy atom. The van der Waals surface area contributed by atoms with E-state index in [0.29, 0.717) is 24.0 Å². The summed E-state index contributed by atoms with van der Waals surface area (Å²) in [5.74, 6) is -0.740. The van der Waals surface area contributed by atoms with Gasteiger partial charge in [-0.1, -0.05) is 42.0 Å². The lowest BCUT2D eigenvalue weighted by Gasteiger charge is -2.40. The van der Waals surface area contributed by atoms with E-state index >= 15 is 0 Å². The number of aryl methyl sites for hydroxylation is 2. The van der Waals surface area contributed by atoms with Gasteiger partial charge in [-0.25, -0.2) is 0 Å². The van der Waals surface area contributed by atoms with Crippen LogP contribution in [0.1, 0.15) is 42.4 Å². The molecule has 0 aliphatic heterocycles. The molecule has 2 aromatic rings. The number of aromatic hydroxyl groups is 2. The van der Waals surface area contributed by atoms with Crippen LogP contribution >= 0.6 is 0 Å². The second-order valence-corrected chi connectivity index (χ2v) is 8.52. The van der Waals surface area contributed by atoms with Gasteiger partial charge in [0.1, 0.15) is 11.5 Å². The minimum Gasteiger partial charge on any atom is -0.507 e. The lowest BCUT2D eigenvalue weighted by molar-refractivity contribution is 0.403. The fourth-order valence-electron chi connectivity index (χ4n) is 4.56. The molecule has 0 saturated carbocycles. The first-order chi connectivity index (χ1) is 14.6. The van der Waals surface area contributed by atoms with E-state index in [2.05, 4.69) is 12.1 Å². The molecular formula is C24H23B5O2. The summed E-state index contributed by atoms with van der Waals surface area (Å²) >= 11 is 0. The minimum atomic E-state index is -1.71. The van der Waals surface area contributed by atoms with Gasteiger partial charge in [0.25, 0.3) is 0 Å². The number of hydrogen-bond donors (Lipinski definition) is 2. The molecule has 2 aromatic carbocycles. The molecule has 0 aromatic heterocycles. The smallest absolute Gasteiger partial charge is 0.123 e. The highest BCUT2D eigenvalue weighted by Gasteiger charge is 2.35. The van der Waals surface area contributed by atoms with Crippen LogP contribution in [0.4, 0.5) is 0 Å². The summed E-state index contributed by atoms with van der Waals surface area (Å²) in [5.41, 5.74) is 3.88. The van der Waals surface area contributed by atoms with Gasteiger partial charge in [-0.05, 0) is 61.8 Å². The first-order valence-electron chi connectivity index (χ1n) is 10.5. The maximum Gasteiger partial charge on any atom is 0.123 e. The van der Waals surface area contributed by atoms with E-state index in [-0.39, 0.29) is 22.8 Å². The van der Waals surface area contributed by atoms with Gasteiger partial charge < -0.3 is 10.2 Å². The Hall–Kier alpha value is -2.16. The Kier molecular flexibility index (Phi) is 7.24.